The fourth-order valence-corrected chi connectivity index (χ4v) is 1.84. The third kappa shape index (κ3) is 3.57. The zero-order valence-electron chi connectivity index (χ0n) is 11.1. The minimum atomic E-state index is -1.23. The molecule has 19 heavy (non-hydrogen) atoms. The maximum absolute atomic E-state index is 13.5. The topological polar surface area (TPSA) is 81.8 Å². The first kappa shape index (κ1) is 15.2. The quantitative estimate of drug-likeness (QED) is 0.829. The van der Waals surface area contributed by atoms with E-state index >= 15 is 0 Å². The smallest absolute Gasteiger partial charge is 0.305 e. The molecule has 0 amide bonds. The molecule has 0 fully saturated rings. The molecule has 5 nitrogen and oxygen atoms in total. The average Bonchev–Trinajstić information content (AvgIpc) is 2.35. The van der Waals surface area contributed by atoms with E-state index in [4.69, 9.17) is 20.3 Å². The molecule has 1 aromatic rings. The molecule has 0 saturated carbocycles. The molecule has 0 radical (unpaired) electrons. The molecule has 2 atom stereocenters. The molecule has 0 bridgehead atoms. The minimum Gasteiger partial charge on any atom is -0.496 e. The van der Waals surface area contributed by atoms with Gasteiger partial charge in [0.2, 0.25) is 0 Å². The van der Waals surface area contributed by atoms with Crippen molar-refractivity contribution in [1.29, 1.82) is 0 Å². The van der Waals surface area contributed by atoms with E-state index in [9.17, 15) is 9.18 Å². The third-order valence-electron chi connectivity index (χ3n) is 2.80. The lowest BCUT2D eigenvalue weighted by atomic mass is 9.99. The highest BCUT2D eigenvalue weighted by Gasteiger charge is 2.20. The van der Waals surface area contributed by atoms with Crippen molar-refractivity contribution in [2.75, 3.05) is 14.2 Å². The van der Waals surface area contributed by atoms with Crippen LogP contribution in [0.3, 0.4) is 0 Å². The molecule has 0 aliphatic rings. The van der Waals surface area contributed by atoms with Gasteiger partial charge in [-0.15, -0.1) is 0 Å². The number of methoxy groups -OCH3 is 2. The second-order valence-corrected chi connectivity index (χ2v) is 4.16. The lowest BCUT2D eigenvalue weighted by Crippen LogP contribution is -2.16. The van der Waals surface area contributed by atoms with Crippen molar-refractivity contribution in [2.24, 2.45) is 5.73 Å². The van der Waals surface area contributed by atoms with Gasteiger partial charge < -0.3 is 20.3 Å². The number of hydrogen-bond acceptors (Lipinski definition) is 4. The van der Waals surface area contributed by atoms with Gasteiger partial charge >= 0.3 is 5.97 Å². The normalized spacial score (nSPS) is 13.7. The number of carboxylic acid groups (broad SMARTS) is 1. The number of hydrogen-bond donors (Lipinski definition) is 2. The maximum Gasteiger partial charge on any atom is 0.305 e. The molecule has 0 saturated heterocycles. The summed E-state index contributed by atoms with van der Waals surface area (Å²) in [5.74, 6) is -0.336. The van der Waals surface area contributed by atoms with E-state index in [0.717, 1.165) is 0 Å². The molecule has 0 aliphatic carbocycles. The monoisotopic (exact) mass is 271 g/mol. The van der Waals surface area contributed by atoms with Crippen LogP contribution in [0.1, 0.15) is 36.7 Å². The van der Waals surface area contributed by atoms with E-state index in [1.165, 1.54) is 33.3 Å². The molecule has 0 aliphatic heterocycles. The van der Waals surface area contributed by atoms with E-state index in [0.29, 0.717) is 22.6 Å². The number of alkyl halides is 1. The lowest BCUT2D eigenvalue weighted by molar-refractivity contribution is -0.137. The Hall–Kier alpha value is -1.82. The fourth-order valence-electron chi connectivity index (χ4n) is 1.84. The zero-order valence-corrected chi connectivity index (χ0v) is 11.1. The third-order valence-corrected chi connectivity index (χ3v) is 2.80. The summed E-state index contributed by atoms with van der Waals surface area (Å²) in [5, 5.41) is 8.77. The average molecular weight is 271 g/mol. The van der Waals surface area contributed by atoms with Crippen LogP contribution in [0.25, 0.3) is 0 Å². The zero-order chi connectivity index (χ0) is 14.6. The van der Waals surface area contributed by atoms with Gasteiger partial charge in [-0.1, -0.05) is 0 Å². The van der Waals surface area contributed by atoms with Crippen molar-refractivity contribution < 1.29 is 23.8 Å². The van der Waals surface area contributed by atoms with Crippen LogP contribution in [0.4, 0.5) is 4.39 Å². The van der Waals surface area contributed by atoms with E-state index in [1.807, 2.05) is 0 Å². The number of aliphatic carboxylic acids is 1. The highest BCUT2D eigenvalue weighted by molar-refractivity contribution is 5.68. The fraction of sp³-hybridized carbons (Fsp3) is 0.462. The Morgan fingerprint density at radius 1 is 1.32 bits per heavy atom. The molecule has 0 heterocycles. The van der Waals surface area contributed by atoms with E-state index in [1.54, 1.807) is 0 Å². The van der Waals surface area contributed by atoms with Crippen molar-refractivity contribution in [3.8, 4) is 11.5 Å². The van der Waals surface area contributed by atoms with Crippen molar-refractivity contribution >= 4 is 5.97 Å². The summed E-state index contributed by atoms with van der Waals surface area (Å²) in [7, 11) is 2.84. The Morgan fingerprint density at radius 3 is 2.21 bits per heavy atom. The summed E-state index contributed by atoms with van der Waals surface area (Å²) >= 11 is 0. The predicted molar refractivity (Wildman–Crippen MR) is 68.3 cm³/mol. The molecule has 2 unspecified atom stereocenters. The number of rotatable bonds is 6. The molecular formula is C13H18FNO4. The number of benzene rings is 1. The van der Waals surface area contributed by atoms with Crippen molar-refractivity contribution in [3.05, 3.63) is 23.3 Å². The van der Waals surface area contributed by atoms with Crippen LogP contribution in [0.5, 0.6) is 11.5 Å². The van der Waals surface area contributed by atoms with Crippen molar-refractivity contribution in [2.45, 2.75) is 25.6 Å². The van der Waals surface area contributed by atoms with Gasteiger partial charge in [0, 0.05) is 17.2 Å². The van der Waals surface area contributed by atoms with Crippen LogP contribution >= 0.6 is 0 Å². The van der Waals surface area contributed by atoms with Gasteiger partial charge in [-0.25, -0.2) is 4.39 Å². The number of nitrogens with two attached hydrogens (primary N) is 1. The van der Waals surface area contributed by atoms with Gasteiger partial charge in [-0.3, -0.25) is 4.79 Å². The molecule has 6 heteroatoms. The Kier molecular flexibility index (Phi) is 5.11. The predicted octanol–water partition coefficient (Wildman–Crippen LogP) is 2.21. The molecular weight excluding hydrogens is 253 g/mol. The summed E-state index contributed by atoms with van der Waals surface area (Å²) in [6, 6.07) is 2.27. The highest BCUT2D eigenvalue weighted by Crippen LogP contribution is 2.37. The highest BCUT2D eigenvalue weighted by atomic mass is 19.1. The van der Waals surface area contributed by atoms with Gasteiger partial charge in [0.15, 0.2) is 0 Å². The first-order chi connectivity index (χ1) is 8.90. The summed E-state index contributed by atoms with van der Waals surface area (Å²) in [6.07, 6.45) is -1.47. The second-order valence-electron chi connectivity index (χ2n) is 4.16. The van der Waals surface area contributed by atoms with Crippen LogP contribution in [-0.4, -0.2) is 25.3 Å². The molecule has 106 valence electrons. The van der Waals surface area contributed by atoms with Crippen molar-refractivity contribution in [3.63, 3.8) is 0 Å². The molecule has 1 rings (SSSR count). The van der Waals surface area contributed by atoms with Gasteiger partial charge in [0.1, 0.15) is 17.7 Å². The van der Waals surface area contributed by atoms with Crippen LogP contribution in [0.2, 0.25) is 0 Å². The standard InChI is InChI=1S/C13H18FNO4/c1-7(14)8-4-12(19-3)9(5-11(8)18-2)10(15)6-13(16)17/h4-5,7,10H,6,15H2,1-3H3,(H,16,17). The summed E-state index contributed by atoms with van der Waals surface area (Å²) in [5.41, 5.74) is 6.63. The Bertz CT molecular complexity index is 462. The van der Waals surface area contributed by atoms with Gasteiger partial charge in [-0.05, 0) is 19.1 Å². The van der Waals surface area contributed by atoms with Gasteiger partial charge in [-0.2, -0.15) is 0 Å². The minimum absolute atomic E-state index is 0.246. The second kappa shape index (κ2) is 6.38. The molecule has 1 aromatic carbocycles. The number of ether oxygens (including phenoxy) is 2. The molecule has 3 N–H and O–H groups in total. The largest absolute Gasteiger partial charge is 0.496 e. The summed E-state index contributed by atoms with van der Waals surface area (Å²) in [4.78, 5) is 10.7. The van der Waals surface area contributed by atoms with Crippen LogP contribution in [-0.2, 0) is 4.79 Å². The number of carbonyl (C=O) groups is 1. The Morgan fingerprint density at radius 2 is 1.79 bits per heavy atom. The van der Waals surface area contributed by atoms with Crippen LogP contribution in [0, 0.1) is 0 Å². The first-order valence-corrected chi connectivity index (χ1v) is 5.78. The van der Waals surface area contributed by atoms with E-state index in [2.05, 4.69) is 0 Å². The van der Waals surface area contributed by atoms with Crippen LogP contribution < -0.4 is 15.2 Å². The first-order valence-electron chi connectivity index (χ1n) is 5.78. The van der Waals surface area contributed by atoms with E-state index < -0.39 is 18.2 Å². The number of carboxylic acids is 1. The van der Waals surface area contributed by atoms with E-state index in [-0.39, 0.29) is 6.42 Å². The molecule has 0 aromatic heterocycles. The lowest BCUT2D eigenvalue weighted by Gasteiger charge is -2.18. The Labute approximate surface area is 111 Å². The Balaban J connectivity index is 3.27. The summed E-state index contributed by atoms with van der Waals surface area (Å²) < 4.78 is 23.7. The maximum atomic E-state index is 13.5. The molecule has 0 spiro atoms. The van der Waals surface area contributed by atoms with Gasteiger partial charge in [0.25, 0.3) is 0 Å². The van der Waals surface area contributed by atoms with Crippen molar-refractivity contribution in [1.82, 2.24) is 0 Å². The SMILES string of the molecule is COc1cc(C(N)CC(=O)O)c(OC)cc1C(C)F. The number of halogens is 1. The van der Waals surface area contributed by atoms with Gasteiger partial charge in [0.05, 0.1) is 20.6 Å². The summed E-state index contributed by atoms with van der Waals surface area (Å²) in [6.45, 7) is 1.38. The van der Waals surface area contributed by atoms with Crippen LogP contribution in [0.15, 0.2) is 12.1 Å².